The van der Waals surface area contributed by atoms with Gasteiger partial charge in [0.15, 0.2) is 0 Å². The molecule has 0 N–H and O–H groups in total. The molecule has 0 spiro atoms. The van der Waals surface area contributed by atoms with Gasteiger partial charge in [-0.25, -0.2) is 0 Å². The van der Waals surface area contributed by atoms with Crippen molar-refractivity contribution in [3.05, 3.63) is 71.8 Å². The molecule has 2 rings (SSSR count). The topological polar surface area (TPSA) is 43.4 Å². The number of amides is 1. The van der Waals surface area contributed by atoms with Gasteiger partial charge in [0.05, 0.1) is 33.2 Å². The lowest BCUT2D eigenvalue weighted by Crippen LogP contribution is -2.57. The van der Waals surface area contributed by atoms with Gasteiger partial charge in [0.1, 0.15) is 0 Å². The summed E-state index contributed by atoms with van der Waals surface area (Å²) in [6.45, 7) is 7.68. The van der Waals surface area contributed by atoms with Gasteiger partial charge in [0.2, 0.25) is 5.91 Å². The summed E-state index contributed by atoms with van der Waals surface area (Å²) in [7, 11) is 3.91. The Hall–Kier alpha value is -2.17. The number of hydrogen-bond donors (Lipinski definition) is 0. The summed E-state index contributed by atoms with van der Waals surface area (Å²) in [6, 6.07) is 17.9. The molecule has 26 heavy (non-hydrogen) atoms. The predicted molar refractivity (Wildman–Crippen MR) is 103 cm³/mol. The number of likely N-dealkylation sites (N-methyl/N-ethyl adjacent to an activating group) is 2. The molecule has 0 atom stereocenters. The van der Waals surface area contributed by atoms with E-state index in [0.29, 0.717) is 17.7 Å². The van der Waals surface area contributed by atoms with Crippen molar-refractivity contribution in [1.29, 1.82) is 0 Å². The number of rotatable bonds is 8. The van der Waals surface area contributed by atoms with E-state index in [2.05, 4.69) is 20.9 Å². The van der Waals surface area contributed by atoms with Crippen LogP contribution in [0.3, 0.4) is 0 Å². The molecule has 0 radical (unpaired) electrons. The van der Waals surface area contributed by atoms with E-state index in [1.165, 1.54) is 0 Å². The van der Waals surface area contributed by atoms with Crippen LogP contribution < -0.4 is 5.11 Å². The fraction of sp³-hybridized carbons (Fsp3) is 0.409. The van der Waals surface area contributed by atoms with Crippen molar-refractivity contribution < 1.29 is 14.4 Å². The van der Waals surface area contributed by atoms with Crippen LogP contribution in [-0.4, -0.2) is 55.6 Å². The zero-order valence-electron chi connectivity index (χ0n) is 16.3. The molecule has 0 saturated heterocycles. The SMILES string of the molecule is CC[N+](C)(CC)CCN(C)C(=O)C([O-])(c1ccccc1)c1ccccc1. The molecule has 0 bridgehead atoms. The first-order valence-corrected chi connectivity index (χ1v) is 9.28. The zero-order valence-corrected chi connectivity index (χ0v) is 16.3. The Morgan fingerprint density at radius 1 is 0.962 bits per heavy atom. The van der Waals surface area contributed by atoms with Crippen LogP contribution in [0.5, 0.6) is 0 Å². The molecule has 0 aliphatic carbocycles. The smallest absolute Gasteiger partial charge is 0.220 e. The molecular formula is C22H30N2O2. The van der Waals surface area contributed by atoms with E-state index < -0.39 is 11.5 Å². The lowest BCUT2D eigenvalue weighted by Gasteiger charge is -2.43. The van der Waals surface area contributed by atoms with Gasteiger partial charge >= 0.3 is 0 Å². The number of benzene rings is 2. The highest BCUT2D eigenvalue weighted by molar-refractivity contribution is 5.89. The van der Waals surface area contributed by atoms with E-state index in [1.807, 2.05) is 12.1 Å². The van der Waals surface area contributed by atoms with E-state index in [4.69, 9.17) is 0 Å². The van der Waals surface area contributed by atoms with E-state index in [-0.39, 0.29) is 0 Å². The van der Waals surface area contributed by atoms with Gasteiger partial charge in [-0.3, -0.25) is 4.79 Å². The fourth-order valence-corrected chi connectivity index (χ4v) is 3.06. The van der Waals surface area contributed by atoms with Crippen molar-refractivity contribution >= 4 is 5.91 Å². The third-order valence-corrected chi connectivity index (χ3v) is 5.51. The van der Waals surface area contributed by atoms with Crippen molar-refractivity contribution in [3.63, 3.8) is 0 Å². The zero-order chi connectivity index (χ0) is 19.2. The van der Waals surface area contributed by atoms with Gasteiger partial charge in [0, 0.05) is 12.6 Å². The number of hydrogen-bond acceptors (Lipinski definition) is 2. The maximum atomic E-state index is 13.9. The second-order valence-electron chi connectivity index (χ2n) is 7.12. The van der Waals surface area contributed by atoms with Crippen LogP contribution >= 0.6 is 0 Å². The van der Waals surface area contributed by atoms with Crippen LogP contribution in [0.25, 0.3) is 0 Å². The molecule has 0 unspecified atom stereocenters. The van der Waals surface area contributed by atoms with E-state index in [1.54, 1.807) is 60.5 Å². The molecule has 140 valence electrons. The molecular weight excluding hydrogens is 324 g/mol. The normalized spacial score (nSPS) is 12.0. The first-order valence-electron chi connectivity index (χ1n) is 9.28. The van der Waals surface area contributed by atoms with Crippen LogP contribution in [0.4, 0.5) is 0 Å². The van der Waals surface area contributed by atoms with Crippen molar-refractivity contribution in [2.24, 2.45) is 0 Å². The Bertz CT molecular complexity index is 657. The van der Waals surface area contributed by atoms with Gasteiger partial charge in [-0.1, -0.05) is 60.7 Å². The molecule has 4 heteroatoms. The summed E-state index contributed by atoms with van der Waals surface area (Å²) in [6.07, 6.45) is 0. The highest BCUT2D eigenvalue weighted by Gasteiger charge is 2.33. The van der Waals surface area contributed by atoms with Crippen LogP contribution in [0.1, 0.15) is 25.0 Å². The third-order valence-electron chi connectivity index (χ3n) is 5.51. The number of carbonyl (C=O) groups is 1. The Labute approximate surface area is 157 Å². The van der Waals surface area contributed by atoms with Crippen molar-refractivity contribution in [2.45, 2.75) is 19.4 Å². The summed E-state index contributed by atoms with van der Waals surface area (Å²) in [5, 5.41) is 13.9. The molecule has 0 fully saturated rings. The minimum absolute atomic E-state index is 0.409. The predicted octanol–water partition coefficient (Wildman–Crippen LogP) is 2.24. The van der Waals surface area contributed by atoms with E-state index >= 15 is 0 Å². The molecule has 0 aromatic heterocycles. The standard InChI is InChI=1S/C22H30N2O2/c1-5-24(4,6-2)18-17-23(3)21(25)22(26,19-13-9-7-10-14-19)20-15-11-8-12-16-20/h7-16H,5-6,17-18H2,1-4H3. The molecule has 2 aromatic carbocycles. The average molecular weight is 354 g/mol. The second-order valence-corrected chi connectivity index (χ2v) is 7.12. The summed E-state index contributed by atoms with van der Waals surface area (Å²) in [4.78, 5) is 14.9. The van der Waals surface area contributed by atoms with Gasteiger partial charge in [-0.15, -0.1) is 0 Å². The van der Waals surface area contributed by atoms with E-state index in [0.717, 1.165) is 24.1 Å². The average Bonchev–Trinajstić information content (AvgIpc) is 2.71. The second kappa shape index (κ2) is 8.47. The van der Waals surface area contributed by atoms with Crippen LogP contribution in [0.15, 0.2) is 60.7 Å². The monoisotopic (exact) mass is 354 g/mol. The minimum Gasteiger partial charge on any atom is -0.835 e. The van der Waals surface area contributed by atoms with Crippen molar-refractivity contribution in [1.82, 2.24) is 4.90 Å². The van der Waals surface area contributed by atoms with E-state index in [9.17, 15) is 9.90 Å². The maximum Gasteiger partial charge on any atom is 0.220 e. The summed E-state index contributed by atoms with van der Waals surface area (Å²) in [5.74, 6) is -0.409. The number of nitrogens with zero attached hydrogens (tertiary/aromatic N) is 2. The first kappa shape index (κ1) is 20.1. The minimum atomic E-state index is -1.93. The summed E-state index contributed by atoms with van der Waals surface area (Å²) in [5.41, 5.74) is -0.975. The summed E-state index contributed by atoms with van der Waals surface area (Å²) >= 11 is 0. The van der Waals surface area contributed by atoms with Gasteiger partial charge in [0.25, 0.3) is 0 Å². The molecule has 0 saturated carbocycles. The summed E-state index contributed by atoms with van der Waals surface area (Å²) < 4.78 is 0.875. The highest BCUT2D eigenvalue weighted by atomic mass is 16.3. The Balaban J connectivity index is 2.33. The van der Waals surface area contributed by atoms with Crippen LogP contribution in [0, 0.1) is 0 Å². The largest absolute Gasteiger partial charge is 0.835 e. The number of carbonyl (C=O) groups excluding carboxylic acids is 1. The Morgan fingerprint density at radius 2 is 1.38 bits per heavy atom. The molecule has 4 nitrogen and oxygen atoms in total. The molecule has 2 aromatic rings. The van der Waals surface area contributed by atoms with Gasteiger partial charge in [-0.05, 0) is 25.0 Å². The first-order chi connectivity index (χ1) is 12.4. The molecule has 1 amide bonds. The lowest BCUT2D eigenvalue weighted by atomic mass is 9.85. The maximum absolute atomic E-state index is 13.9. The Morgan fingerprint density at radius 3 is 1.77 bits per heavy atom. The Kier molecular flexibility index (Phi) is 6.57. The van der Waals surface area contributed by atoms with Crippen LogP contribution in [-0.2, 0) is 10.4 Å². The van der Waals surface area contributed by atoms with Crippen molar-refractivity contribution in [2.75, 3.05) is 40.3 Å². The van der Waals surface area contributed by atoms with Crippen LogP contribution in [0.2, 0.25) is 0 Å². The third kappa shape index (κ3) is 4.14. The van der Waals surface area contributed by atoms with Gasteiger partial charge in [-0.2, -0.15) is 0 Å². The highest BCUT2D eigenvalue weighted by Crippen LogP contribution is 2.28. The number of quaternary nitrogens is 1. The molecule has 0 aliphatic heterocycles. The fourth-order valence-electron chi connectivity index (χ4n) is 3.06. The molecule has 0 aliphatic rings. The van der Waals surface area contributed by atoms with Gasteiger partial charge < -0.3 is 14.5 Å². The quantitative estimate of drug-likeness (QED) is 0.683. The lowest BCUT2D eigenvalue weighted by molar-refractivity contribution is -0.905. The van der Waals surface area contributed by atoms with Crippen molar-refractivity contribution in [3.8, 4) is 0 Å². The molecule has 0 heterocycles.